The summed E-state index contributed by atoms with van der Waals surface area (Å²) in [4.78, 5) is 23.0. The molecule has 0 aromatic heterocycles. The zero-order chi connectivity index (χ0) is 14.8. The first-order valence-electron chi connectivity index (χ1n) is 6.52. The highest BCUT2D eigenvalue weighted by molar-refractivity contribution is 9.10. The maximum Gasteiger partial charge on any atom is 0.335 e. The molecule has 0 radical (unpaired) electrons. The third-order valence-electron chi connectivity index (χ3n) is 3.58. The Labute approximate surface area is 125 Å². The van der Waals surface area contributed by atoms with Gasteiger partial charge in [-0.1, -0.05) is 12.8 Å². The number of carbonyl (C=O) groups excluding carboxylic acids is 1. The van der Waals surface area contributed by atoms with Crippen LogP contribution in [0.25, 0.3) is 0 Å². The molecule has 1 fully saturated rings. The lowest BCUT2D eigenvalue weighted by Gasteiger charge is -2.25. The van der Waals surface area contributed by atoms with E-state index in [2.05, 4.69) is 26.6 Å². The van der Waals surface area contributed by atoms with Crippen LogP contribution in [0.1, 0.15) is 43.0 Å². The molecule has 1 saturated carbocycles. The van der Waals surface area contributed by atoms with Crippen LogP contribution in [0.2, 0.25) is 0 Å². The second-order valence-corrected chi connectivity index (χ2v) is 6.20. The molecule has 0 spiro atoms. The van der Waals surface area contributed by atoms with Crippen molar-refractivity contribution in [2.45, 2.75) is 38.1 Å². The standard InChI is InChI=1S/C14H17BrN2O3/c1-14(6-2-3-7-14)17-13(20)16-11-8-9(12(18)19)4-5-10(11)15/h4-5,8H,2-3,6-7H2,1H3,(H,18,19)(H2,16,17,20). The van der Waals surface area contributed by atoms with Crippen molar-refractivity contribution in [1.82, 2.24) is 5.32 Å². The van der Waals surface area contributed by atoms with Crippen LogP contribution in [0.4, 0.5) is 10.5 Å². The number of anilines is 1. The van der Waals surface area contributed by atoms with Gasteiger partial charge in [-0.3, -0.25) is 0 Å². The molecule has 0 aliphatic heterocycles. The highest BCUT2D eigenvalue weighted by atomic mass is 79.9. The second kappa shape index (κ2) is 5.83. The van der Waals surface area contributed by atoms with Gasteiger partial charge in [-0.25, -0.2) is 9.59 Å². The van der Waals surface area contributed by atoms with E-state index in [0.29, 0.717) is 10.2 Å². The van der Waals surface area contributed by atoms with Gasteiger partial charge < -0.3 is 15.7 Å². The molecule has 0 atom stereocenters. The molecular weight excluding hydrogens is 324 g/mol. The lowest BCUT2D eigenvalue weighted by Crippen LogP contribution is -2.45. The molecule has 1 aromatic carbocycles. The molecule has 6 heteroatoms. The van der Waals surface area contributed by atoms with E-state index in [1.165, 1.54) is 12.1 Å². The SMILES string of the molecule is CC1(NC(=O)Nc2cc(C(=O)O)ccc2Br)CCCC1. The van der Waals surface area contributed by atoms with Gasteiger partial charge in [0.05, 0.1) is 11.3 Å². The quantitative estimate of drug-likeness (QED) is 0.786. The molecule has 0 unspecified atom stereocenters. The van der Waals surface area contributed by atoms with Crippen LogP contribution in [-0.2, 0) is 0 Å². The van der Waals surface area contributed by atoms with Gasteiger partial charge in [-0.15, -0.1) is 0 Å². The zero-order valence-corrected chi connectivity index (χ0v) is 12.8. The van der Waals surface area contributed by atoms with Crippen molar-refractivity contribution in [3.05, 3.63) is 28.2 Å². The van der Waals surface area contributed by atoms with E-state index in [4.69, 9.17) is 5.11 Å². The smallest absolute Gasteiger partial charge is 0.335 e. The molecule has 1 aliphatic rings. The number of carboxylic acid groups (broad SMARTS) is 1. The molecule has 1 aromatic rings. The first-order chi connectivity index (χ1) is 9.39. The van der Waals surface area contributed by atoms with Gasteiger partial charge >= 0.3 is 12.0 Å². The fourth-order valence-electron chi connectivity index (χ4n) is 2.46. The number of hydrogen-bond donors (Lipinski definition) is 3. The first kappa shape index (κ1) is 14.8. The molecule has 0 heterocycles. The molecule has 0 bridgehead atoms. The lowest BCUT2D eigenvalue weighted by molar-refractivity contribution is 0.0697. The van der Waals surface area contributed by atoms with E-state index in [9.17, 15) is 9.59 Å². The summed E-state index contributed by atoms with van der Waals surface area (Å²) in [5, 5.41) is 14.6. The Bertz CT molecular complexity index is 539. The minimum absolute atomic E-state index is 0.135. The number of carbonyl (C=O) groups is 2. The van der Waals surface area contributed by atoms with Gasteiger partial charge in [-0.2, -0.15) is 0 Å². The van der Waals surface area contributed by atoms with Crippen LogP contribution in [0.3, 0.4) is 0 Å². The number of carboxylic acids is 1. The molecule has 108 valence electrons. The molecule has 5 nitrogen and oxygen atoms in total. The van der Waals surface area contributed by atoms with E-state index in [0.717, 1.165) is 25.7 Å². The number of halogens is 1. The number of hydrogen-bond acceptors (Lipinski definition) is 2. The average Bonchev–Trinajstić information content (AvgIpc) is 2.78. The summed E-state index contributed by atoms with van der Waals surface area (Å²) in [6, 6.07) is 4.21. The van der Waals surface area contributed by atoms with E-state index < -0.39 is 5.97 Å². The number of urea groups is 1. The summed E-state index contributed by atoms with van der Waals surface area (Å²) in [5.41, 5.74) is 0.417. The van der Waals surface area contributed by atoms with Crippen molar-refractivity contribution in [3.8, 4) is 0 Å². The monoisotopic (exact) mass is 340 g/mol. The molecule has 3 N–H and O–H groups in total. The molecule has 20 heavy (non-hydrogen) atoms. The Balaban J connectivity index is 2.07. The number of nitrogens with one attached hydrogen (secondary N) is 2. The van der Waals surface area contributed by atoms with Gasteiger partial charge in [0.1, 0.15) is 0 Å². The second-order valence-electron chi connectivity index (χ2n) is 5.35. The Morgan fingerprint density at radius 3 is 2.55 bits per heavy atom. The normalized spacial score (nSPS) is 16.7. The molecule has 0 saturated heterocycles. The van der Waals surface area contributed by atoms with Gasteiger partial charge in [0.2, 0.25) is 0 Å². The molecule has 2 rings (SSSR count). The predicted molar refractivity (Wildman–Crippen MR) is 80.1 cm³/mol. The molecule has 1 aliphatic carbocycles. The van der Waals surface area contributed by atoms with Crippen molar-refractivity contribution >= 4 is 33.6 Å². The maximum absolute atomic E-state index is 12.0. The minimum atomic E-state index is -1.02. The summed E-state index contributed by atoms with van der Waals surface area (Å²) in [6.07, 6.45) is 4.18. The van der Waals surface area contributed by atoms with Crippen molar-refractivity contribution in [2.24, 2.45) is 0 Å². The Morgan fingerprint density at radius 1 is 1.30 bits per heavy atom. The third kappa shape index (κ3) is 3.50. The predicted octanol–water partition coefficient (Wildman–Crippen LogP) is 3.60. The number of aromatic carboxylic acids is 1. The largest absolute Gasteiger partial charge is 0.478 e. The van der Waals surface area contributed by atoms with Gasteiger partial charge in [0, 0.05) is 10.0 Å². The van der Waals surface area contributed by atoms with E-state index in [1.807, 2.05) is 6.92 Å². The highest BCUT2D eigenvalue weighted by Gasteiger charge is 2.30. The fraction of sp³-hybridized carbons (Fsp3) is 0.429. The number of rotatable bonds is 3. The van der Waals surface area contributed by atoms with Crippen molar-refractivity contribution < 1.29 is 14.7 Å². The van der Waals surface area contributed by atoms with Crippen LogP contribution in [0.5, 0.6) is 0 Å². The summed E-state index contributed by atoms with van der Waals surface area (Å²) >= 11 is 3.30. The summed E-state index contributed by atoms with van der Waals surface area (Å²) in [5.74, 6) is -1.02. The first-order valence-corrected chi connectivity index (χ1v) is 7.31. The van der Waals surface area contributed by atoms with Crippen LogP contribution in [0, 0.1) is 0 Å². The van der Waals surface area contributed by atoms with Gasteiger partial charge in [-0.05, 0) is 53.9 Å². The minimum Gasteiger partial charge on any atom is -0.478 e. The van der Waals surface area contributed by atoms with Crippen LogP contribution < -0.4 is 10.6 Å². The molecule has 2 amide bonds. The Hall–Kier alpha value is -1.56. The topological polar surface area (TPSA) is 78.4 Å². The number of benzene rings is 1. The Kier molecular flexibility index (Phi) is 4.32. The maximum atomic E-state index is 12.0. The van der Waals surface area contributed by atoms with E-state index in [1.54, 1.807) is 6.07 Å². The van der Waals surface area contributed by atoms with E-state index in [-0.39, 0.29) is 17.1 Å². The van der Waals surface area contributed by atoms with E-state index >= 15 is 0 Å². The zero-order valence-electron chi connectivity index (χ0n) is 11.2. The van der Waals surface area contributed by atoms with Crippen LogP contribution in [-0.4, -0.2) is 22.6 Å². The van der Waals surface area contributed by atoms with Gasteiger partial charge in [0.25, 0.3) is 0 Å². The highest BCUT2D eigenvalue weighted by Crippen LogP contribution is 2.29. The van der Waals surface area contributed by atoms with Crippen molar-refractivity contribution in [1.29, 1.82) is 0 Å². The summed E-state index contributed by atoms with van der Waals surface area (Å²) < 4.78 is 0.647. The third-order valence-corrected chi connectivity index (χ3v) is 4.28. The van der Waals surface area contributed by atoms with Gasteiger partial charge in [0.15, 0.2) is 0 Å². The fourth-order valence-corrected chi connectivity index (χ4v) is 2.81. The average molecular weight is 341 g/mol. The summed E-state index contributed by atoms with van der Waals surface area (Å²) in [7, 11) is 0. The van der Waals surface area contributed by atoms with Crippen molar-refractivity contribution in [2.75, 3.05) is 5.32 Å². The van der Waals surface area contributed by atoms with Crippen LogP contribution in [0.15, 0.2) is 22.7 Å². The van der Waals surface area contributed by atoms with Crippen LogP contribution >= 0.6 is 15.9 Å². The lowest BCUT2D eigenvalue weighted by atomic mass is 10.0. The summed E-state index contributed by atoms with van der Waals surface area (Å²) in [6.45, 7) is 2.03. The van der Waals surface area contributed by atoms with Crippen molar-refractivity contribution in [3.63, 3.8) is 0 Å². The Morgan fingerprint density at radius 2 is 1.95 bits per heavy atom. The molecular formula is C14H17BrN2O3. The number of amides is 2.